The number of allylic oxidation sites excluding steroid dienone is 1. The number of aliphatic hydroxyl groups is 4. The van der Waals surface area contributed by atoms with Gasteiger partial charge in [0.2, 0.25) is 0 Å². The topological polar surface area (TPSA) is 109 Å². The number of hydrogen-bond acceptors (Lipinski definition) is 7. The maximum atomic E-state index is 10.6. The number of benzene rings is 1. The lowest BCUT2D eigenvalue weighted by atomic mass is 9.52. The van der Waals surface area contributed by atoms with Crippen molar-refractivity contribution in [3.05, 3.63) is 54.6 Å². The average molecular weight is 503 g/mol. The van der Waals surface area contributed by atoms with E-state index in [9.17, 15) is 20.4 Å². The molecule has 0 spiro atoms. The molecule has 1 heterocycles. The number of aryl methyl sites for hydroxylation is 1. The SMILES string of the molecule is C=CC[C@H](O[C@@H]1O[C@H](CO)[C@@H](O)[C@H](O)[C@H]1O)[C@@]1(C)CC[C@@H]2c3ccc(OC)cc3CC[C@H]2[C@@H]1CC=C. The summed E-state index contributed by atoms with van der Waals surface area (Å²) in [5, 5.41) is 40.7. The second-order valence-corrected chi connectivity index (χ2v) is 10.9. The van der Waals surface area contributed by atoms with Gasteiger partial charge in [0.05, 0.1) is 19.8 Å². The van der Waals surface area contributed by atoms with Crippen molar-refractivity contribution in [2.45, 2.75) is 88.2 Å². The van der Waals surface area contributed by atoms with Crippen molar-refractivity contribution >= 4 is 0 Å². The van der Waals surface area contributed by atoms with Gasteiger partial charge >= 0.3 is 0 Å². The minimum atomic E-state index is -1.47. The fourth-order valence-electron chi connectivity index (χ4n) is 7.03. The number of ether oxygens (including phenoxy) is 3. The van der Waals surface area contributed by atoms with Crippen molar-refractivity contribution in [1.29, 1.82) is 0 Å². The Morgan fingerprint density at radius 3 is 2.58 bits per heavy atom. The molecule has 0 amide bonds. The highest BCUT2D eigenvalue weighted by molar-refractivity contribution is 5.40. The summed E-state index contributed by atoms with van der Waals surface area (Å²) in [7, 11) is 1.70. The van der Waals surface area contributed by atoms with Gasteiger partial charge in [-0.2, -0.15) is 0 Å². The van der Waals surface area contributed by atoms with Crippen LogP contribution in [0, 0.1) is 17.3 Å². The van der Waals surface area contributed by atoms with Crippen LogP contribution in [0.3, 0.4) is 0 Å². The third kappa shape index (κ3) is 4.89. The molecule has 1 saturated heterocycles. The second-order valence-electron chi connectivity index (χ2n) is 10.9. The number of aliphatic hydroxyl groups excluding tert-OH is 4. The van der Waals surface area contributed by atoms with Gasteiger partial charge < -0.3 is 34.6 Å². The predicted molar refractivity (Wildman–Crippen MR) is 137 cm³/mol. The van der Waals surface area contributed by atoms with Gasteiger partial charge in [-0.25, -0.2) is 0 Å². The van der Waals surface area contributed by atoms with E-state index in [0.717, 1.165) is 37.9 Å². The van der Waals surface area contributed by atoms with Crippen LogP contribution in [0.5, 0.6) is 5.75 Å². The molecule has 7 heteroatoms. The molecule has 2 fully saturated rings. The molecular weight excluding hydrogens is 460 g/mol. The summed E-state index contributed by atoms with van der Waals surface area (Å²) in [4.78, 5) is 0. The van der Waals surface area contributed by atoms with E-state index in [-0.39, 0.29) is 11.5 Å². The Labute approximate surface area is 214 Å². The van der Waals surface area contributed by atoms with Crippen LogP contribution in [0.1, 0.15) is 56.1 Å². The van der Waals surface area contributed by atoms with Crippen LogP contribution in [-0.4, -0.2) is 71.0 Å². The second kappa shape index (κ2) is 11.3. The minimum absolute atomic E-state index is 0.258. The first kappa shape index (κ1) is 27.3. The van der Waals surface area contributed by atoms with Gasteiger partial charge in [0.15, 0.2) is 6.29 Å². The van der Waals surface area contributed by atoms with Crippen LogP contribution in [0.2, 0.25) is 0 Å². The standard InChI is InChI=1S/C29H42O7/c1-5-7-22-21-11-9-17-15-18(34-4)10-12-19(17)20(21)13-14-29(22,3)24(8-6-2)36-28-27(33)26(32)25(31)23(16-30)35-28/h5-6,10,12,15,20-28,30-33H,1-2,7-9,11,13-14,16H2,3-4H3/t20-,21-,22+,23-,24+,25-,26+,27-,28+,29+/m1/s1. The van der Waals surface area contributed by atoms with Crippen molar-refractivity contribution in [2.75, 3.05) is 13.7 Å². The van der Waals surface area contributed by atoms with E-state index in [2.05, 4.69) is 38.3 Å². The number of rotatable bonds is 9. The average Bonchev–Trinajstić information content (AvgIpc) is 2.89. The normalized spacial score (nSPS) is 38.9. The van der Waals surface area contributed by atoms with Crippen LogP contribution >= 0.6 is 0 Å². The van der Waals surface area contributed by atoms with Gasteiger partial charge in [-0.05, 0) is 85.0 Å². The highest BCUT2D eigenvalue weighted by Crippen LogP contribution is 2.58. The Balaban J connectivity index is 1.61. The van der Waals surface area contributed by atoms with Crippen molar-refractivity contribution in [3.63, 3.8) is 0 Å². The van der Waals surface area contributed by atoms with Crippen LogP contribution < -0.4 is 4.74 Å². The molecule has 0 radical (unpaired) electrons. The fourth-order valence-corrected chi connectivity index (χ4v) is 7.03. The predicted octanol–water partition coefficient (Wildman–Crippen LogP) is 3.09. The number of hydrogen-bond donors (Lipinski definition) is 4. The molecule has 1 aliphatic heterocycles. The Morgan fingerprint density at radius 1 is 1.14 bits per heavy atom. The zero-order chi connectivity index (χ0) is 26.0. The lowest BCUT2D eigenvalue weighted by Crippen LogP contribution is -2.61. The molecule has 7 nitrogen and oxygen atoms in total. The van der Waals surface area contributed by atoms with E-state index in [1.807, 2.05) is 12.2 Å². The maximum absolute atomic E-state index is 10.6. The van der Waals surface area contributed by atoms with E-state index >= 15 is 0 Å². The lowest BCUT2D eigenvalue weighted by molar-refractivity contribution is -0.322. The Morgan fingerprint density at radius 2 is 1.92 bits per heavy atom. The molecule has 1 saturated carbocycles. The Bertz CT molecular complexity index is 917. The summed E-state index contributed by atoms with van der Waals surface area (Å²) >= 11 is 0. The van der Waals surface area contributed by atoms with Gasteiger partial charge in [0, 0.05) is 0 Å². The monoisotopic (exact) mass is 502 g/mol. The molecule has 2 aliphatic carbocycles. The summed E-state index contributed by atoms with van der Waals surface area (Å²) in [6.07, 6.45) is 2.38. The number of methoxy groups -OCH3 is 1. The largest absolute Gasteiger partial charge is 0.497 e. The minimum Gasteiger partial charge on any atom is -0.497 e. The van der Waals surface area contributed by atoms with Crippen molar-refractivity contribution in [3.8, 4) is 5.75 Å². The lowest BCUT2D eigenvalue weighted by Gasteiger charge is -2.55. The first-order chi connectivity index (χ1) is 17.3. The van der Waals surface area contributed by atoms with Gasteiger partial charge in [-0.1, -0.05) is 25.1 Å². The smallest absolute Gasteiger partial charge is 0.187 e. The molecule has 1 aromatic rings. The highest BCUT2D eigenvalue weighted by atomic mass is 16.7. The maximum Gasteiger partial charge on any atom is 0.187 e. The number of fused-ring (bicyclic) bond motifs is 3. The van der Waals surface area contributed by atoms with E-state index < -0.39 is 37.3 Å². The van der Waals surface area contributed by atoms with Crippen molar-refractivity contribution in [1.82, 2.24) is 0 Å². The van der Waals surface area contributed by atoms with Crippen LogP contribution in [0.4, 0.5) is 0 Å². The highest BCUT2D eigenvalue weighted by Gasteiger charge is 2.53. The van der Waals surface area contributed by atoms with Crippen LogP contribution in [0.25, 0.3) is 0 Å². The molecule has 200 valence electrons. The fraction of sp³-hybridized carbons (Fsp3) is 0.655. The molecule has 1 aromatic carbocycles. The molecule has 36 heavy (non-hydrogen) atoms. The molecule has 10 atom stereocenters. The summed E-state index contributed by atoms with van der Waals surface area (Å²) in [5.41, 5.74) is 2.53. The van der Waals surface area contributed by atoms with Crippen LogP contribution in [0.15, 0.2) is 43.5 Å². The van der Waals surface area contributed by atoms with Crippen molar-refractivity contribution in [2.24, 2.45) is 17.3 Å². The summed E-state index contributed by atoms with van der Waals surface area (Å²) in [6, 6.07) is 6.45. The van der Waals surface area contributed by atoms with Crippen molar-refractivity contribution < 1.29 is 34.6 Å². The molecule has 0 bridgehead atoms. The van der Waals surface area contributed by atoms with E-state index in [1.54, 1.807) is 7.11 Å². The Hall–Kier alpha value is -1.74. The van der Waals surface area contributed by atoms with E-state index in [4.69, 9.17) is 14.2 Å². The van der Waals surface area contributed by atoms with E-state index in [1.165, 1.54) is 11.1 Å². The van der Waals surface area contributed by atoms with Gasteiger partial charge in [-0.15, -0.1) is 13.2 Å². The van der Waals surface area contributed by atoms with E-state index in [0.29, 0.717) is 24.2 Å². The molecule has 0 unspecified atom stereocenters. The molecular formula is C29H42O7. The Kier molecular flexibility index (Phi) is 8.60. The summed E-state index contributed by atoms with van der Waals surface area (Å²) in [6.45, 7) is 9.78. The third-order valence-corrected chi connectivity index (χ3v) is 9.06. The van der Waals surface area contributed by atoms with Gasteiger partial charge in [0.25, 0.3) is 0 Å². The molecule has 4 N–H and O–H groups in total. The molecule has 4 rings (SSSR count). The third-order valence-electron chi connectivity index (χ3n) is 9.06. The zero-order valence-corrected chi connectivity index (χ0v) is 21.5. The van der Waals surface area contributed by atoms with Crippen LogP contribution in [-0.2, 0) is 15.9 Å². The van der Waals surface area contributed by atoms with Gasteiger partial charge in [-0.3, -0.25) is 0 Å². The summed E-state index contributed by atoms with van der Waals surface area (Å²) < 4.78 is 17.6. The van der Waals surface area contributed by atoms with Gasteiger partial charge in [0.1, 0.15) is 30.2 Å². The first-order valence-electron chi connectivity index (χ1n) is 13.1. The molecule has 0 aromatic heterocycles. The quantitative estimate of drug-likeness (QED) is 0.384. The zero-order valence-electron chi connectivity index (χ0n) is 21.5. The molecule has 3 aliphatic rings. The first-order valence-corrected chi connectivity index (χ1v) is 13.1. The summed E-state index contributed by atoms with van der Waals surface area (Å²) in [5.74, 6) is 2.09.